The number of aliphatic hydroxyl groups is 1. The van der Waals surface area contributed by atoms with Crippen molar-refractivity contribution in [3.8, 4) is 33.8 Å². The number of hydrogen-bond acceptors (Lipinski definition) is 5. The van der Waals surface area contributed by atoms with E-state index >= 15 is 0 Å². The summed E-state index contributed by atoms with van der Waals surface area (Å²) in [6.07, 6.45) is 4.80. The van der Waals surface area contributed by atoms with Crippen LogP contribution in [0.25, 0.3) is 44.9 Å². The summed E-state index contributed by atoms with van der Waals surface area (Å²) in [5.41, 5.74) is 4.52. The molecule has 0 radical (unpaired) electrons. The van der Waals surface area contributed by atoms with Crippen LogP contribution in [-0.4, -0.2) is 31.0 Å². The zero-order valence-corrected chi connectivity index (χ0v) is 17.7. The minimum absolute atomic E-state index is 0.217. The topological polar surface area (TPSA) is 77.0 Å². The lowest BCUT2D eigenvalue weighted by Crippen LogP contribution is -2.31. The third-order valence-corrected chi connectivity index (χ3v) is 6.18. The first kappa shape index (κ1) is 19.8. The van der Waals surface area contributed by atoms with Gasteiger partial charge in [-0.05, 0) is 49.1 Å². The largest absolute Gasteiger partial charge is 0.438 e. The van der Waals surface area contributed by atoms with Crippen LogP contribution in [0.15, 0.2) is 77.6 Å². The summed E-state index contributed by atoms with van der Waals surface area (Å²) in [6, 6.07) is 18.1. The number of aliphatic hydroxyl groups excluding tert-OH is 1. The molecular formula is C26H21FN4O2. The summed E-state index contributed by atoms with van der Waals surface area (Å²) in [4.78, 5) is 8.92. The van der Waals surface area contributed by atoms with Crippen molar-refractivity contribution in [2.45, 2.75) is 25.5 Å². The standard InChI is InChI=1S/C26H21FN4O2/c27-19-8-6-18(7-9-19)24-22(14-31(30-24)13-16-10-20(32)11-16)25-21-12-23(17-4-2-1-3-5-17)33-26(21)29-15-28-25/h1-9,12,14-16,20,32H,10-11,13H2. The molecule has 0 unspecified atom stereocenters. The van der Waals surface area contributed by atoms with E-state index in [0.717, 1.165) is 40.6 Å². The Hall–Kier alpha value is -3.84. The molecule has 33 heavy (non-hydrogen) atoms. The predicted molar refractivity (Wildman–Crippen MR) is 123 cm³/mol. The highest BCUT2D eigenvalue weighted by Crippen LogP contribution is 2.37. The quantitative estimate of drug-likeness (QED) is 0.400. The van der Waals surface area contributed by atoms with Crippen LogP contribution in [-0.2, 0) is 6.54 Å². The van der Waals surface area contributed by atoms with E-state index in [4.69, 9.17) is 9.52 Å². The number of benzene rings is 2. The van der Waals surface area contributed by atoms with Crippen molar-refractivity contribution in [3.63, 3.8) is 0 Å². The first-order chi connectivity index (χ1) is 16.1. The fourth-order valence-corrected chi connectivity index (χ4v) is 4.44. The third-order valence-electron chi connectivity index (χ3n) is 6.18. The Labute approximate surface area is 189 Å². The van der Waals surface area contributed by atoms with Crippen LogP contribution in [0.1, 0.15) is 12.8 Å². The molecule has 1 aliphatic rings. The molecule has 0 atom stereocenters. The molecule has 0 saturated heterocycles. The van der Waals surface area contributed by atoms with E-state index in [-0.39, 0.29) is 11.9 Å². The highest BCUT2D eigenvalue weighted by atomic mass is 19.1. The molecule has 1 fully saturated rings. The zero-order valence-electron chi connectivity index (χ0n) is 17.7. The number of halogens is 1. The Balaban J connectivity index is 1.48. The minimum Gasteiger partial charge on any atom is -0.438 e. The molecule has 5 aromatic rings. The molecule has 1 saturated carbocycles. The van der Waals surface area contributed by atoms with E-state index in [1.165, 1.54) is 18.5 Å². The summed E-state index contributed by atoms with van der Waals surface area (Å²) >= 11 is 0. The normalized spacial score (nSPS) is 17.9. The lowest BCUT2D eigenvalue weighted by atomic mass is 9.82. The predicted octanol–water partition coefficient (Wildman–Crippen LogP) is 5.33. The smallest absolute Gasteiger partial charge is 0.230 e. The fourth-order valence-electron chi connectivity index (χ4n) is 4.44. The van der Waals surface area contributed by atoms with Crippen molar-refractivity contribution in [3.05, 3.63) is 79.0 Å². The second kappa shape index (κ2) is 7.94. The molecule has 7 heteroatoms. The third kappa shape index (κ3) is 3.70. The molecule has 0 bridgehead atoms. The van der Waals surface area contributed by atoms with Gasteiger partial charge in [-0.15, -0.1) is 0 Å². The molecule has 3 aromatic heterocycles. The molecule has 0 spiro atoms. The maximum Gasteiger partial charge on any atom is 0.230 e. The molecule has 0 aliphatic heterocycles. The van der Waals surface area contributed by atoms with Crippen LogP contribution >= 0.6 is 0 Å². The van der Waals surface area contributed by atoms with Crippen molar-refractivity contribution < 1.29 is 13.9 Å². The van der Waals surface area contributed by atoms with Crippen molar-refractivity contribution in [2.24, 2.45) is 5.92 Å². The molecule has 2 aromatic carbocycles. The second-order valence-electron chi connectivity index (χ2n) is 8.53. The lowest BCUT2D eigenvalue weighted by Gasteiger charge is -2.31. The van der Waals surface area contributed by atoms with Crippen molar-refractivity contribution in [2.75, 3.05) is 0 Å². The van der Waals surface area contributed by atoms with E-state index < -0.39 is 0 Å². The van der Waals surface area contributed by atoms with Gasteiger partial charge in [0.2, 0.25) is 5.71 Å². The van der Waals surface area contributed by atoms with Gasteiger partial charge < -0.3 is 9.52 Å². The molecule has 1 N–H and O–H groups in total. The number of nitrogens with zero attached hydrogens (tertiary/aromatic N) is 4. The van der Waals surface area contributed by atoms with E-state index in [1.54, 1.807) is 12.1 Å². The van der Waals surface area contributed by atoms with Crippen molar-refractivity contribution in [1.29, 1.82) is 0 Å². The maximum atomic E-state index is 13.6. The van der Waals surface area contributed by atoms with Gasteiger partial charge in [0.25, 0.3) is 0 Å². The first-order valence-electron chi connectivity index (χ1n) is 11.0. The van der Waals surface area contributed by atoms with Gasteiger partial charge in [-0.1, -0.05) is 30.3 Å². The summed E-state index contributed by atoms with van der Waals surface area (Å²) in [6.45, 7) is 0.708. The minimum atomic E-state index is -0.296. The van der Waals surface area contributed by atoms with Crippen LogP contribution in [0.3, 0.4) is 0 Å². The van der Waals surface area contributed by atoms with Gasteiger partial charge in [-0.3, -0.25) is 4.68 Å². The van der Waals surface area contributed by atoms with Gasteiger partial charge in [-0.25, -0.2) is 14.4 Å². The van der Waals surface area contributed by atoms with Gasteiger partial charge in [0.05, 0.1) is 17.2 Å². The summed E-state index contributed by atoms with van der Waals surface area (Å²) in [5, 5.41) is 15.3. The van der Waals surface area contributed by atoms with E-state index in [2.05, 4.69) is 9.97 Å². The Morgan fingerprint density at radius 1 is 0.970 bits per heavy atom. The summed E-state index contributed by atoms with van der Waals surface area (Å²) in [5.74, 6) is 0.805. The van der Waals surface area contributed by atoms with Crippen molar-refractivity contribution >= 4 is 11.1 Å². The van der Waals surface area contributed by atoms with Crippen LogP contribution in [0.2, 0.25) is 0 Å². The number of rotatable bonds is 5. The number of aromatic nitrogens is 4. The van der Waals surface area contributed by atoms with Gasteiger partial charge in [0, 0.05) is 29.4 Å². The van der Waals surface area contributed by atoms with Crippen LogP contribution in [0.5, 0.6) is 0 Å². The van der Waals surface area contributed by atoms with Crippen molar-refractivity contribution in [1.82, 2.24) is 19.7 Å². The maximum absolute atomic E-state index is 13.6. The van der Waals surface area contributed by atoms with Gasteiger partial charge in [0.15, 0.2) is 0 Å². The SMILES string of the molecule is OC1CC(Cn2cc(-c3ncnc4oc(-c5ccccc5)cc34)c(-c3ccc(F)cc3)n2)C1. The molecule has 6 nitrogen and oxygen atoms in total. The van der Waals surface area contributed by atoms with E-state index in [0.29, 0.717) is 29.6 Å². The van der Waals surface area contributed by atoms with Gasteiger partial charge in [0.1, 0.15) is 23.6 Å². The van der Waals surface area contributed by atoms with Crippen LogP contribution in [0, 0.1) is 11.7 Å². The van der Waals surface area contributed by atoms with Crippen LogP contribution in [0.4, 0.5) is 4.39 Å². The molecule has 6 rings (SSSR count). The monoisotopic (exact) mass is 440 g/mol. The highest BCUT2D eigenvalue weighted by molar-refractivity contribution is 5.95. The molecule has 3 heterocycles. The lowest BCUT2D eigenvalue weighted by molar-refractivity contribution is 0.0337. The molecule has 164 valence electrons. The second-order valence-corrected chi connectivity index (χ2v) is 8.53. The average Bonchev–Trinajstić information content (AvgIpc) is 3.44. The summed E-state index contributed by atoms with van der Waals surface area (Å²) < 4.78 is 21.5. The van der Waals surface area contributed by atoms with E-state index in [1.807, 2.05) is 47.3 Å². The molecular weight excluding hydrogens is 419 g/mol. The first-order valence-corrected chi connectivity index (χ1v) is 11.0. The Kier molecular flexibility index (Phi) is 4.77. The van der Waals surface area contributed by atoms with Crippen LogP contribution < -0.4 is 0 Å². The summed E-state index contributed by atoms with van der Waals surface area (Å²) in [7, 11) is 0. The Morgan fingerprint density at radius 2 is 1.76 bits per heavy atom. The fraction of sp³-hybridized carbons (Fsp3) is 0.192. The highest BCUT2D eigenvalue weighted by Gasteiger charge is 2.28. The van der Waals surface area contributed by atoms with E-state index in [9.17, 15) is 9.50 Å². The number of hydrogen-bond donors (Lipinski definition) is 1. The average molecular weight is 440 g/mol. The number of furan rings is 1. The number of fused-ring (bicyclic) bond motifs is 1. The van der Waals surface area contributed by atoms with Gasteiger partial charge in [-0.2, -0.15) is 5.10 Å². The Bertz CT molecular complexity index is 1420. The van der Waals surface area contributed by atoms with Gasteiger partial charge >= 0.3 is 0 Å². The molecule has 0 amide bonds. The zero-order chi connectivity index (χ0) is 22.4. The Morgan fingerprint density at radius 3 is 2.52 bits per heavy atom. The molecule has 1 aliphatic carbocycles.